The lowest BCUT2D eigenvalue weighted by atomic mass is 9.96. The molecule has 140 valence electrons. The molecular weight excluding hydrogens is 348 g/mol. The Bertz CT molecular complexity index is 773. The molecular formula is C20H26N2O3S. The number of rotatable bonds is 6. The van der Waals surface area contributed by atoms with E-state index in [9.17, 15) is 9.59 Å². The van der Waals surface area contributed by atoms with E-state index in [2.05, 4.69) is 10.6 Å². The monoisotopic (exact) mass is 374 g/mol. The van der Waals surface area contributed by atoms with Gasteiger partial charge in [0.25, 0.3) is 5.91 Å². The number of carbonyl (C=O) groups is 2. The molecule has 0 aliphatic rings. The van der Waals surface area contributed by atoms with Crippen molar-refractivity contribution in [3.63, 3.8) is 0 Å². The van der Waals surface area contributed by atoms with Gasteiger partial charge < -0.3 is 15.4 Å². The molecule has 1 aromatic heterocycles. The number of ether oxygens (including phenoxy) is 1. The highest BCUT2D eigenvalue weighted by Gasteiger charge is 2.23. The summed E-state index contributed by atoms with van der Waals surface area (Å²) < 4.78 is 5.09. The molecule has 6 heteroatoms. The van der Waals surface area contributed by atoms with E-state index < -0.39 is 5.41 Å². The van der Waals surface area contributed by atoms with Gasteiger partial charge in [0.1, 0.15) is 0 Å². The van der Waals surface area contributed by atoms with Crippen LogP contribution in [0.1, 0.15) is 47.1 Å². The van der Waals surface area contributed by atoms with Crippen LogP contribution in [0.4, 0.5) is 5.00 Å². The summed E-state index contributed by atoms with van der Waals surface area (Å²) in [6, 6.07) is 9.77. The van der Waals surface area contributed by atoms with E-state index in [1.807, 2.05) is 58.0 Å². The second-order valence-corrected chi connectivity index (χ2v) is 8.31. The van der Waals surface area contributed by atoms with Crippen molar-refractivity contribution in [3.8, 4) is 0 Å². The van der Waals surface area contributed by atoms with Gasteiger partial charge in [-0.05, 0) is 29.7 Å². The molecule has 0 aliphatic heterocycles. The Balaban J connectivity index is 1.98. The third-order valence-corrected chi connectivity index (χ3v) is 4.98. The maximum Gasteiger partial charge on any atom is 0.261 e. The van der Waals surface area contributed by atoms with Crippen molar-refractivity contribution in [3.05, 3.63) is 51.9 Å². The summed E-state index contributed by atoms with van der Waals surface area (Å²) in [5.74, 6) is -0.202. The fraction of sp³-hybridized carbons (Fsp3) is 0.400. The number of hydrogen-bond donors (Lipinski definition) is 2. The van der Waals surface area contributed by atoms with Crippen LogP contribution >= 0.6 is 11.3 Å². The zero-order valence-electron chi connectivity index (χ0n) is 15.9. The number of thiophene rings is 1. The van der Waals surface area contributed by atoms with Gasteiger partial charge in [0.2, 0.25) is 5.91 Å². The minimum Gasteiger partial charge on any atom is -0.380 e. The highest BCUT2D eigenvalue weighted by molar-refractivity contribution is 7.18. The van der Waals surface area contributed by atoms with E-state index in [1.165, 1.54) is 11.3 Å². The van der Waals surface area contributed by atoms with Crippen molar-refractivity contribution in [2.75, 3.05) is 12.4 Å². The second kappa shape index (κ2) is 8.47. The lowest BCUT2D eigenvalue weighted by Crippen LogP contribution is -2.27. The molecule has 0 fully saturated rings. The molecule has 26 heavy (non-hydrogen) atoms. The van der Waals surface area contributed by atoms with Crippen LogP contribution in [0.5, 0.6) is 0 Å². The fourth-order valence-corrected chi connectivity index (χ4v) is 3.24. The summed E-state index contributed by atoms with van der Waals surface area (Å²) in [5.41, 5.74) is 2.49. The summed E-state index contributed by atoms with van der Waals surface area (Å²) in [7, 11) is 1.66. The standard InChI is InChI=1S/C20H26N2O3S/c1-13-10-16(22-19(24)20(2,3)4)26-17(13)18(23)21-11-14-6-8-15(9-7-14)12-25-5/h6-10H,11-12H2,1-5H3,(H,21,23)(H,22,24). The van der Waals surface area contributed by atoms with Gasteiger partial charge in [-0.3, -0.25) is 9.59 Å². The van der Waals surface area contributed by atoms with E-state index in [0.29, 0.717) is 23.0 Å². The molecule has 2 rings (SSSR count). The third kappa shape index (κ3) is 5.41. The quantitative estimate of drug-likeness (QED) is 0.799. The minimum atomic E-state index is -0.477. The first-order chi connectivity index (χ1) is 12.2. The summed E-state index contributed by atoms with van der Waals surface area (Å²) >= 11 is 1.30. The Morgan fingerprint density at radius 2 is 1.73 bits per heavy atom. The van der Waals surface area contributed by atoms with Gasteiger partial charge in [0.05, 0.1) is 16.5 Å². The molecule has 0 saturated carbocycles. The van der Waals surface area contributed by atoms with E-state index in [4.69, 9.17) is 4.74 Å². The van der Waals surface area contributed by atoms with Gasteiger partial charge in [-0.25, -0.2) is 0 Å². The number of hydrogen-bond acceptors (Lipinski definition) is 4. The number of carbonyl (C=O) groups excluding carboxylic acids is 2. The van der Waals surface area contributed by atoms with Crippen LogP contribution in [-0.2, 0) is 22.7 Å². The molecule has 1 aromatic carbocycles. The lowest BCUT2D eigenvalue weighted by molar-refractivity contribution is -0.123. The molecule has 2 amide bonds. The minimum absolute atomic E-state index is 0.0677. The zero-order chi connectivity index (χ0) is 19.3. The lowest BCUT2D eigenvalue weighted by Gasteiger charge is -2.16. The van der Waals surface area contributed by atoms with Gasteiger partial charge >= 0.3 is 0 Å². The number of aryl methyl sites for hydroxylation is 1. The molecule has 2 aromatic rings. The van der Waals surface area contributed by atoms with Crippen LogP contribution in [0.3, 0.4) is 0 Å². The Morgan fingerprint density at radius 3 is 2.31 bits per heavy atom. The predicted octanol–water partition coefficient (Wildman–Crippen LogP) is 4.12. The summed E-state index contributed by atoms with van der Waals surface area (Å²) in [4.78, 5) is 25.2. The summed E-state index contributed by atoms with van der Waals surface area (Å²) in [6.45, 7) is 8.46. The normalized spacial score (nSPS) is 11.3. The van der Waals surface area contributed by atoms with Gasteiger partial charge in [0, 0.05) is 19.1 Å². The van der Waals surface area contributed by atoms with E-state index in [-0.39, 0.29) is 11.8 Å². The first kappa shape index (κ1) is 20.1. The Morgan fingerprint density at radius 1 is 1.12 bits per heavy atom. The first-order valence-electron chi connectivity index (χ1n) is 8.47. The Kier molecular flexibility index (Phi) is 6.56. The smallest absolute Gasteiger partial charge is 0.261 e. The van der Waals surface area contributed by atoms with Gasteiger partial charge in [0.15, 0.2) is 0 Å². The number of benzene rings is 1. The van der Waals surface area contributed by atoms with Crippen molar-refractivity contribution >= 4 is 28.2 Å². The molecule has 0 bridgehead atoms. The van der Waals surface area contributed by atoms with Crippen LogP contribution in [0, 0.1) is 12.3 Å². The van der Waals surface area contributed by atoms with Crippen molar-refractivity contribution in [1.29, 1.82) is 0 Å². The van der Waals surface area contributed by atoms with Crippen LogP contribution in [0.2, 0.25) is 0 Å². The zero-order valence-corrected chi connectivity index (χ0v) is 16.8. The van der Waals surface area contributed by atoms with Crippen molar-refractivity contribution in [2.24, 2.45) is 5.41 Å². The highest BCUT2D eigenvalue weighted by atomic mass is 32.1. The fourth-order valence-electron chi connectivity index (χ4n) is 2.25. The molecule has 0 radical (unpaired) electrons. The van der Waals surface area contributed by atoms with E-state index in [0.717, 1.165) is 16.7 Å². The van der Waals surface area contributed by atoms with Gasteiger partial charge in [-0.15, -0.1) is 11.3 Å². The average molecular weight is 375 g/mol. The SMILES string of the molecule is COCc1ccc(CNC(=O)c2sc(NC(=O)C(C)(C)C)cc2C)cc1. The van der Waals surface area contributed by atoms with E-state index >= 15 is 0 Å². The summed E-state index contributed by atoms with van der Waals surface area (Å²) in [6.07, 6.45) is 0. The number of nitrogens with one attached hydrogen (secondary N) is 2. The number of methoxy groups -OCH3 is 1. The van der Waals surface area contributed by atoms with Crippen molar-refractivity contribution in [1.82, 2.24) is 5.32 Å². The van der Waals surface area contributed by atoms with Gasteiger partial charge in [-0.2, -0.15) is 0 Å². The third-order valence-electron chi connectivity index (χ3n) is 3.83. The molecule has 0 aliphatic carbocycles. The number of anilines is 1. The van der Waals surface area contributed by atoms with Crippen molar-refractivity contribution in [2.45, 2.75) is 40.8 Å². The molecule has 0 unspecified atom stereocenters. The predicted molar refractivity (Wildman–Crippen MR) is 105 cm³/mol. The second-order valence-electron chi connectivity index (χ2n) is 7.26. The molecule has 1 heterocycles. The average Bonchev–Trinajstić information content (AvgIpc) is 2.94. The first-order valence-corrected chi connectivity index (χ1v) is 9.29. The maximum absolute atomic E-state index is 12.5. The Labute approximate surface area is 158 Å². The molecule has 2 N–H and O–H groups in total. The summed E-state index contributed by atoms with van der Waals surface area (Å²) in [5, 5.41) is 6.50. The highest BCUT2D eigenvalue weighted by Crippen LogP contribution is 2.28. The topological polar surface area (TPSA) is 67.4 Å². The van der Waals surface area contributed by atoms with Crippen molar-refractivity contribution < 1.29 is 14.3 Å². The molecule has 0 spiro atoms. The van der Waals surface area contributed by atoms with Crippen LogP contribution in [0.15, 0.2) is 30.3 Å². The van der Waals surface area contributed by atoms with E-state index in [1.54, 1.807) is 7.11 Å². The Hall–Kier alpha value is -2.18. The van der Waals surface area contributed by atoms with Crippen LogP contribution < -0.4 is 10.6 Å². The molecule has 0 saturated heterocycles. The van der Waals surface area contributed by atoms with Crippen LogP contribution in [-0.4, -0.2) is 18.9 Å². The van der Waals surface area contributed by atoms with Crippen LogP contribution in [0.25, 0.3) is 0 Å². The maximum atomic E-state index is 12.5. The van der Waals surface area contributed by atoms with Gasteiger partial charge in [-0.1, -0.05) is 45.0 Å². The largest absolute Gasteiger partial charge is 0.380 e. The molecule has 5 nitrogen and oxygen atoms in total. The molecule has 0 atom stereocenters. The number of amides is 2.